The van der Waals surface area contributed by atoms with Gasteiger partial charge < -0.3 is 10.4 Å². The molecule has 0 spiro atoms. The summed E-state index contributed by atoms with van der Waals surface area (Å²) in [6, 6.07) is 0.163. The fourth-order valence-corrected chi connectivity index (χ4v) is 2.53. The quantitative estimate of drug-likeness (QED) is 0.718. The van der Waals surface area contributed by atoms with Gasteiger partial charge in [0.25, 0.3) is 0 Å². The fraction of sp³-hybridized carbons (Fsp3) is 0.909. The van der Waals surface area contributed by atoms with E-state index in [0.29, 0.717) is 17.8 Å². The zero-order valence-corrected chi connectivity index (χ0v) is 9.29. The maximum absolute atomic E-state index is 10.6. The van der Waals surface area contributed by atoms with E-state index in [1.54, 1.807) is 0 Å². The van der Waals surface area contributed by atoms with Crippen LogP contribution in [-0.2, 0) is 0 Å². The maximum Gasteiger partial charge on any atom is 0.404 e. The van der Waals surface area contributed by atoms with Crippen LogP contribution in [0.15, 0.2) is 0 Å². The van der Waals surface area contributed by atoms with Gasteiger partial charge in [0.2, 0.25) is 0 Å². The Morgan fingerprint density at radius 2 is 2.07 bits per heavy atom. The zero-order chi connectivity index (χ0) is 10.7. The van der Waals surface area contributed by atoms with Gasteiger partial charge in [0.05, 0.1) is 0 Å². The van der Waals surface area contributed by atoms with Gasteiger partial charge in [-0.15, -0.1) is 0 Å². The lowest BCUT2D eigenvalue weighted by atomic mass is 9.74. The highest BCUT2D eigenvalue weighted by Gasteiger charge is 2.31. The van der Waals surface area contributed by atoms with E-state index in [4.69, 9.17) is 5.11 Å². The van der Waals surface area contributed by atoms with E-state index in [1.165, 1.54) is 6.42 Å². The first kappa shape index (κ1) is 11.3. The molecule has 0 aromatic rings. The summed E-state index contributed by atoms with van der Waals surface area (Å²) in [6.07, 6.45) is 2.51. The highest BCUT2D eigenvalue weighted by Crippen LogP contribution is 2.33. The van der Waals surface area contributed by atoms with Crippen LogP contribution in [0.5, 0.6) is 0 Å². The standard InChI is InChI=1S/C11H21NO2/c1-7(2)9-5-4-8(3)6-10(9)12-11(13)14/h7-10,12H,4-6H2,1-3H3,(H,13,14). The lowest BCUT2D eigenvalue weighted by Crippen LogP contribution is -2.45. The Morgan fingerprint density at radius 3 is 2.57 bits per heavy atom. The highest BCUT2D eigenvalue weighted by molar-refractivity contribution is 5.64. The third-order valence-electron chi connectivity index (χ3n) is 3.33. The molecule has 0 aromatic heterocycles. The summed E-state index contributed by atoms with van der Waals surface area (Å²) < 4.78 is 0. The van der Waals surface area contributed by atoms with Crippen LogP contribution in [0.1, 0.15) is 40.0 Å². The molecule has 1 amide bonds. The minimum Gasteiger partial charge on any atom is -0.465 e. The van der Waals surface area contributed by atoms with Crippen molar-refractivity contribution in [3.05, 3.63) is 0 Å². The molecule has 0 saturated heterocycles. The third-order valence-corrected chi connectivity index (χ3v) is 3.33. The van der Waals surface area contributed by atoms with E-state index in [0.717, 1.165) is 12.8 Å². The molecule has 1 fully saturated rings. The summed E-state index contributed by atoms with van der Waals surface area (Å²) in [5.74, 6) is 1.74. The molecule has 0 aliphatic heterocycles. The molecule has 1 aliphatic rings. The molecule has 1 saturated carbocycles. The Balaban J connectivity index is 2.58. The molecule has 82 valence electrons. The lowest BCUT2D eigenvalue weighted by Gasteiger charge is -2.37. The van der Waals surface area contributed by atoms with Gasteiger partial charge in [-0.2, -0.15) is 0 Å². The second kappa shape index (κ2) is 4.67. The molecule has 0 bridgehead atoms. The Labute approximate surface area is 85.9 Å². The third kappa shape index (κ3) is 2.89. The summed E-state index contributed by atoms with van der Waals surface area (Å²) in [7, 11) is 0. The predicted octanol–water partition coefficient (Wildman–Crippen LogP) is 2.71. The van der Waals surface area contributed by atoms with Crippen LogP contribution >= 0.6 is 0 Å². The maximum atomic E-state index is 10.6. The Kier molecular flexibility index (Phi) is 3.78. The van der Waals surface area contributed by atoms with Crippen LogP contribution < -0.4 is 5.32 Å². The molecular weight excluding hydrogens is 178 g/mol. The van der Waals surface area contributed by atoms with Crippen molar-refractivity contribution in [2.45, 2.75) is 46.1 Å². The number of carbonyl (C=O) groups is 1. The van der Waals surface area contributed by atoms with Crippen molar-refractivity contribution in [3.8, 4) is 0 Å². The largest absolute Gasteiger partial charge is 0.465 e. The molecule has 1 aliphatic carbocycles. The molecule has 2 N–H and O–H groups in total. The van der Waals surface area contributed by atoms with E-state index in [-0.39, 0.29) is 6.04 Å². The monoisotopic (exact) mass is 199 g/mol. The summed E-state index contributed by atoms with van der Waals surface area (Å²) in [6.45, 7) is 6.56. The van der Waals surface area contributed by atoms with Gasteiger partial charge in [0.1, 0.15) is 0 Å². The molecule has 3 atom stereocenters. The molecule has 3 nitrogen and oxygen atoms in total. The van der Waals surface area contributed by atoms with Gasteiger partial charge in [-0.1, -0.05) is 27.2 Å². The molecule has 14 heavy (non-hydrogen) atoms. The first-order valence-corrected chi connectivity index (χ1v) is 5.50. The number of rotatable bonds is 2. The number of carboxylic acid groups (broad SMARTS) is 1. The minimum absolute atomic E-state index is 0.163. The Hall–Kier alpha value is -0.730. The molecule has 1 rings (SSSR count). The Morgan fingerprint density at radius 1 is 1.43 bits per heavy atom. The first-order valence-electron chi connectivity index (χ1n) is 5.50. The zero-order valence-electron chi connectivity index (χ0n) is 9.29. The number of amides is 1. The lowest BCUT2D eigenvalue weighted by molar-refractivity contribution is 0.147. The summed E-state index contributed by atoms with van der Waals surface area (Å²) in [4.78, 5) is 10.6. The Bertz CT molecular complexity index is 203. The van der Waals surface area contributed by atoms with Crippen molar-refractivity contribution >= 4 is 6.09 Å². The van der Waals surface area contributed by atoms with E-state index < -0.39 is 6.09 Å². The van der Waals surface area contributed by atoms with Crippen LogP contribution in [0.2, 0.25) is 0 Å². The normalized spacial score (nSPS) is 33.0. The fourth-order valence-electron chi connectivity index (χ4n) is 2.53. The summed E-state index contributed by atoms with van der Waals surface area (Å²) in [5, 5.41) is 11.4. The van der Waals surface area contributed by atoms with E-state index in [2.05, 4.69) is 26.1 Å². The van der Waals surface area contributed by atoms with Gasteiger partial charge in [0.15, 0.2) is 0 Å². The van der Waals surface area contributed by atoms with Crippen LogP contribution in [0, 0.1) is 17.8 Å². The minimum atomic E-state index is -0.880. The van der Waals surface area contributed by atoms with Crippen LogP contribution in [0.4, 0.5) is 4.79 Å². The average molecular weight is 199 g/mol. The first-order chi connectivity index (χ1) is 6.50. The second-order valence-electron chi connectivity index (χ2n) is 4.88. The van der Waals surface area contributed by atoms with Crippen molar-refractivity contribution in [1.82, 2.24) is 5.32 Å². The second-order valence-corrected chi connectivity index (χ2v) is 4.88. The predicted molar refractivity (Wildman–Crippen MR) is 56.3 cm³/mol. The van der Waals surface area contributed by atoms with Gasteiger partial charge in [-0.05, 0) is 30.6 Å². The number of hydrogen-bond donors (Lipinski definition) is 2. The van der Waals surface area contributed by atoms with Gasteiger partial charge >= 0.3 is 6.09 Å². The van der Waals surface area contributed by atoms with Crippen molar-refractivity contribution in [2.75, 3.05) is 0 Å². The molecule has 0 aromatic carbocycles. The smallest absolute Gasteiger partial charge is 0.404 e. The number of nitrogens with one attached hydrogen (secondary N) is 1. The van der Waals surface area contributed by atoms with Crippen molar-refractivity contribution in [2.24, 2.45) is 17.8 Å². The SMILES string of the molecule is CC1CCC(C(C)C)C(NC(=O)O)C1. The van der Waals surface area contributed by atoms with Crippen molar-refractivity contribution < 1.29 is 9.90 Å². The molecule has 3 heteroatoms. The van der Waals surface area contributed by atoms with Crippen molar-refractivity contribution in [3.63, 3.8) is 0 Å². The molecular formula is C11H21NO2. The molecule has 0 radical (unpaired) electrons. The van der Waals surface area contributed by atoms with Crippen molar-refractivity contribution in [1.29, 1.82) is 0 Å². The topological polar surface area (TPSA) is 49.3 Å². The summed E-state index contributed by atoms with van der Waals surface area (Å²) >= 11 is 0. The van der Waals surface area contributed by atoms with Crippen LogP contribution in [0.25, 0.3) is 0 Å². The molecule has 3 unspecified atom stereocenters. The van der Waals surface area contributed by atoms with Gasteiger partial charge in [-0.3, -0.25) is 0 Å². The van der Waals surface area contributed by atoms with Gasteiger partial charge in [0, 0.05) is 6.04 Å². The van der Waals surface area contributed by atoms with E-state index in [1.807, 2.05) is 0 Å². The average Bonchev–Trinajstić information content (AvgIpc) is 2.01. The van der Waals surface area contributed by atoms with Gasteiger partial charge in [-0.25, -0.2) is 4.79 Å². The van der Waals surface area contributed by atoms with Crippen LogP contribution in [-0.4, -0.2) is 17.2 Å². The molecule has 0 heterocycles. The number of hydrogen-bond acceptors (Lipinski definition) is 1. The summed E-state index contributed by atoms with van der Waals surface area (Å²) in [5.41, 5.74) is 0. The highest BCUT2D eigenvalue weighted by atomic mass is 16.4. The van der Waals surface area contributed by atoms with E-state index >= 15 is 0 Å². The van der Waals surface area contributed by atoms with Crippen LogP contribution in [0.3, 0.4) is 0 Å². The van der Waals surface area contributed by atoms with E-state index in [9.17, 15) is 4.79 Å².